The van der Waals surface area contributed by atoms with Crippen molar-refractivity contribution >= 4 is 17.5 Å². The first-order chi connectivity index (χ1) is 9.81. The zero-order valence-electron chi connectivity index (χ0n) is 11.4. The largest absolute Gasteiger partial charge is 0.294 e. The van der Waals surface area contributed by atoms with E-state index in [1.165, 1.54) is 5.56 Å². The molecule has 1 nitrogen and oxygen atoms in total. The van der Waals surface area contributed by atoms with Crippen LogP contribution in [0.25, 0.3) is 0 Å². The fraction of sp³-hybridized carbons (Fsp3) is 0.167. The number of rotatable bonds is 7. The number of carbonyl (C=O) groups excluding carboxylic acids is 1. The Morgan fingerprint density at radius 3 is 2.25 bits per heavy atom. The molecule has 2 aromatic rings. The molecule has 0 aliphatic heterocycles. The summed E-state index contributed by atoms with van der Waals surface area (Å²) in [6.45, 7) is 3.76. The zero-order valence-corrected chi connectivity index (χ0v) is 12.2. The van der Waals surface area contributed by atoms with Gasteiger partial charge in [-0.25, -0.2) is 0 Å². The minimum atomic E-state index is 0.182. The van der Waals surface area contributed by atoms with Crippen molar-refractivity contribution in [1.29, 1.82) is 0 Å². The van der Waals surface area contributed by atoms with Crippen molar-refractivity contribution in [1.82, 2.24) is 0 Å². The van der Waals surface area contributed by atoms with Gasteiger partial charge in [-0.2, -0.15) is 0 Å². The van der Waals surface area contributed by atoms with Gasteiger partial charge in [-0.15, -0.1) is 18.3 Å². The number of hydrogen-bond donors (Lipinski definition) is 0. The molecule has 0 heterocycles. The summed E-state index contributed by atoms with van der Waals surface area (Å²) >= 11 is 1.76. The molecule has 0 bridgehead atoms. The van der Waals surface area contributed by atoms with Crippen LogP contribution in [0.1, 0.15) is 27.6 Å². The summed E-state index contributed by atoms with van der Waals surface area (Å²) in [5.74, 6) is 1.04. The molecule has 102 valence electrons. The lowest BCUT2D eigenvalue weighted by Crippen LogP contribution is -2.05. The molecular formula is C18H18OS. The van der Waals surface area contributed by atoms with Crippen LogP contribution < -0.4 is 0 Å². The maximum atomic E-state index is 12.4. The summed E-state index contributed by atoms with van der Waals surface area (Å²) in [5, 5.41) is 0.182. The molecule has 0 N–H and O–H groups in total. The van der Waals surface area contributed by atoms with Crippen molar-refractivity contribution in [2.24, 2.45) is 0 Å². The van der Waals surface area contributed by atoms with Crippen molar-refractivity contribution in [2.75, 3.05) is 5.75 Å². The van der Waals surface area contributed by atoms with Crippen LogP contribution in [0.2, 0.25) is 0 Å². The third-order valence-corrected chi connectivity index (χ3v) is 4.32. The lowest BCUT2D eigenvalue weighted by Gasteiger charge is -2.15. The molecule has 0 fully saturated rings. The first-order valence-electron chi connectivity index (χ1n) is 6.67. The van der Waals surface area contributed by atoms with E-state index < -0.39 is 0 Å². The van der Waals surface area contributed by atoms with Gasteiger partial charge in [0, 0.05) is 23.0 Å². The van der Waals surface area contributed by atoms with E-state index in [4.69, 9.17) is 0 Å². The number of Topliss-reactive ketones (excluding diaryl/α,β-unsaturated/α-hetero) is 1. The van der Waals surface area contributed by atoms with Crippen LogP contribution >= 0.6 is 11.8 Å². The van der Waals surface area contributed by atoms with Crippen LogP contribution in [0.15, 0.2) is 73.3 Å². The van der Waals surface area contributed by atoms with E-state index in [1.807, 2.05) is 54.6 Å². The molecule has 1 atom stereocenters. The average Bonchev–Trinajstić information content (AvgIpc) is 2.53. The molecule has 2 rings (SSSR count). The van der Waals surface area contributed by atoms with Crippen molar-refractivity contribution in [3.05, 3.63) is 84.4 Å². The quantitative estimate of drug-likeness (QED) is 0.529. The van der Waals surface area contributed by atoms with Gasteiger partial charge in [-0.1, -0.05) is 66.7 Å². The Balaban J connectivity index is 2.12. The van der Waals surface area contributed by atoms with E-state index in [0.717, 1.165) is 11.3 Å². The van der Waals surface area contributed by atoms with Gasteiger partial charge in [-0.3, -0.25) is 4.79 Å². The number of benzene rings is 2. The van der Waals surface area contributed by atoms with E-state index in [2.05, 4.69) is 18.7 Å². The molecule has 0 aromatic heterocycles. The third kappa shape index (κ3) is 4.10. The normalized spacial score (nSPS) is 11.8. The van der Waals surface area contributed by atoms with E-state index in [-0.39, 0.29) is 11.0 Å². The van der Waals surface area contributed by atoms with Gasteiger partial charge in [0.2, 0.25) is 0 Å². The van der Waals surface area contributed by atoms with Crippen LogP contribution in [-0.2, 0) is 0 Å². The van der Waals surface area contributed by atoms with Crippen LogP contribution in [0.5, 0.6) is 0 Å². The van der Waals surface area contributed by atoms with E-state index >= 15 is 0 Å². The molecule has 0 saturated carbocycles. The second-order valence-electron chi connectivity index (χ2n) is 4.51. The topological polar surface area (TPSA) is 17.1 Å². The van der Waals surface area contributed by atoms with Crippen molar-refractivity contribution in [3.63, 3.8) is 0 Å². The molecule has 0 aliphatic rings. The van der Waals surface area contributed by atoms with Gasteiger partial charge in [-0.05, 0) is 5.56 Å². The first kappa shape index (κ1) is 14.6. The monoisotopic (exact) mass is 282 g/mol. The molecule has 1 unspecified atom stereocenters. The number of thioether (sulfide) groups is 1. The summed E-state index contributed by atoms with van der Waals surface area (Å²) in [4.78, 5) is 12.4. The highest BCUT2D eigenvalue weighted by atomic mass is 32.2. The van der Waals surface area contributed by atoms with Crippen molar-refractivity contribution in [3.8, 4) is 0 Å². The summed E-state index contributed by atoms with van der Waals surface area (Å²) < 4.78 is 0. The fourth-order valence-electron chi connectivity index (χ4n) is 2.04. The van der Waals surface area contributed by atoms with Crippen molar-refractivity contribution in [2.45, 2.75) is 11.7 Å². The Morgan fingerprint density at radius 2 is 1.65 bits per heavy atom. The Labute approximate surface area is 124 Å². The third-order valence-electron chi connectivity index (χ3n) is 3.05. The van der Waals surface area contributed by atoms with Gasteiger partial charge in [0.1, 0.15) is 0 Å². The molecule has 2 aromatic carbocycles. The maximum absolute atomic E-state index is 12.4. The van der Waals surface area contributed by atoms with E-state index in [9.17, 15) is 4.79 Å². The smallest absolute Gasteiger partial charge is 0.164 e. The summed E-state index contributed by atoms with van der Waals surface area (Å²) in [6.07, 6.45) is 2.40. The molecule has 0 amide bonds. The minimum Gasteiger partial charge on any atom is -0.294 e. The predicted octanol–water partition coefficient (Wildman–Crippen LogP) is 4.92. The molecule has 0 aliphatic carbocycles. The standard InChI is InChI=1S/C18H18OS/c1-2-13-20-18(16-11-7-4-8-12-16)14-17(19)15-9-5-3-6-10-15/h2-12,18H,1,13-14H2. The second-order valence-corrected chi connectivity index (χ2v) is 5.75. The maximum Gasteiger partial charge on any atom is 0.164 e. The van der Waals surface area contributed by atoms with Gasteiger partial charge in [0.05, 0.1) is 0 Å². The molecule has 20 heavy (non-hydrogen) atoms. The number of hydrogen-bond acceptors (Lipinski definition) is 2. The minimum absolute atomic E-state index is 0.182. The highest BCUT2D eigenvalue weighted by molar-refractivity contribution is 7.99. The lowest BCUT2D eigenvalue weighted by molar-refractivity contribution is 0.0982. The van der Waals surface area contributed by atoms with E-state index in [1.54, 1.807) is 11.8 Å². The average molecular weight is 282 g/mol. The van der Waals surface area contributed by atoms with Gasteiger partial charge < -0.3 is 0 Å². The van der Waals surface area contributed by atoms with Gasteiger partial charge >= 0.3 is 0 Å². The van der Waals surface area contributed by atoms with E-state index in [0.29, 0.717) is 6.42 Å². The zero-order chi connectivity index (χ0) is 14.2. The Morgan fingerprint density at radius 1 is 1.05 bits per heavy atom. The molecule has 0 spiro atoms. The fourth-order valence-corrected chi connectivity index (χ4v) is 3.02. The molecule has 0 saturated heterocycles. The first-order valence-corrected chi connectivity index (χ1v) is 7.72. The highest BCUT2D eigenvalue weighted by Crippen LogP contribution is 2.33. The Hall–Kier alpha value is -1.80. The Kier molecular flexibility index (Phi) is 5.63. The van der Waals surface area contributed by atoms with Gasteiger partial charge in [0.15, 0.2) is 5.78 Å². The van der Waals surface area contributed by atoms with Crippen LogP contribution in [0.3, 0.4) is 0 Å². The van der Waals surface area contributed by atoms with Crippen LogP contribution in [0, 0.1) is 0 Å². The summed E-state index contributed by atoms with van der Waals surface area (Å²) in [5.41, 5.74) is 1.98. The summed E-state index contributed by atoms with van der Waals surface area (Å²) in [6, 6.07) is 19.7. The molecular weight excluding hydrogens is 264 g/mol. The SMILES string of the molecule is C=CCSC(CC(=O)c1ccccc1)c1ccccc1. The second kappa shape index (κ2) is 7.71. The number of carbonyl (C=O) groups is 1. The lowest BCUT2D eigenvalue weighted by atomic mass is 10.0. The Bertz CT molecular complexity index is 548. The van der Waals surface area contributed by atoms with Crippen molar-refractivity contribution < 1.29 is 4.79 Å². The van der Waals surface area contributed by atoms with Crippen LogP contribution in [0.4, 0.5) is 0 Å². The van der Waals surface area contributed by atoms with Crippen LogP contribution in [-0.4, -0.2) is 11.5 Å². The predicted molar refractivity (Wildman–Crippen MR) is 87.2 cm³/mol. The summed E-state index contributed by atoms with van der Waals surface area (Å²) in [7, 11) is 0. The molecule has 2 heteroatoms. The highest BCUT2D eigenvalue weighted by Gasteiger charge is 2.16. The molecule has 0 radical (unpaired) electrons. The number of ketones is 1. The van der Waals surface area contributed by atoms with Gasteiger partial charge in [0.25, 0.3) is 0 Å².